The zero-order valence-corrected chi connectivity index (χ0v) is 14.9. The molecule has 1 atom stereocenters. The van der Waals surface area contributed by atoms with Gasteiger partial charge in [0.25, 0.3) is 0 Å². The van der Waals surface area contributed by atoms with Crippen LogP contribution in [-0.2, 0) is 0 Å². The van der Waals surface area contributed by atoms with Crippen LogP contribution < -0.4 is 9.80 Å². The van der Waals surface area contributed by atoms with Gasteiger partial charge in [0.1, 0.15) is 32.2 Å². The summed E-state index contributed by atoms with van der Waals surface area (Å²) in [6.07, 6.45) is 8.93. The van der Waals surface area contributed by atoms with Gasteiger partial charge in [-0.05, 0) is 30.2 Å². The molecule has 1 saturated carbocycles. The monoisotopic (exact) mass is 322 g/mol. The van der Waals surface area contributed by atoms with Gasteiger partial charge in [0.05, 0.1) is 12.6 Å². The molecule has 0 spiro atoms. The van der Waals surface area contributed by atoms with E-state index in [2.05, 4.69) is 34.1 Å². The fraction of sp³-hybridized carbons (Fsp3) is 0.941. The molecule has 6 nitrogen and oxygen atoms in total. The lowest BCUT2D eigenvalue weighted by Gasteiger charge is -2.34. The van der Waals surface area contributed by atoms with E-state index in [0.717, 1.165) is 5.82 Å². The van der Waals surface area contributed by atoms with Crippen molar-refractivity contribution >= 4 is 0 Å². The second kappa shape index (κ2) is 8.20. The van der Waals surface area contributed by atoms with Gasteiger partial charge in [0.15, 0.2) is 0 Å². The Balaban J connectivity index is 1.74. The molecule has 0 bridgehead atoms. The maximum absolute atomic E-state index is 4.50. The highest BCUT2D eigenvalue weighted by Gasteiger charge is 2.34. The third kappa shape index (κ3) is 3.91. The molecule has 0 radical (unpaired) electrons. The zero-order chi connectivity index (χ0) is 16.1. The second-order valence-electron chi connectivity index (χ2n) is 7.38. The van der Waals surface area contributed by atoms with Gasteiger partial charge < -0.3 is 9.80 Å². The topological polar surface area (TPSA) is 52.5 Å². The first kappa shape index (κ1) is 16.8. The number of nitrogens with one attached hydrogen (secondary N) is 2. The summed E-state index contributed by atoms with van der Waals surface area (Å²) in [7, 11) is 0. The number of tetrazole rings is 1. The highest BCUT2D eigenvalue weighted by Crippen LogP contribution is 2.29. The van der Waals surface area contributed by atoms with Gasteiger partial charge >= 0.3 is 0 Å². The maximum Gasteiger partial charge on any atom is 0.209 e. The van der Waals surface area contributed by atoms with Gasteiger partial charge in [0, 0.05) is 6.42 Å². The average Bonchev–Trinajstić information content (AvgIpc) is 3.10. The summed E-state index contributed by atoms with van der Waals surface area (Å²) in [6.45, 7) is 10.9. The molecule has 2 heterocycles. The van der Waals surface area contributed by atoms with E-state index in [4.69, 9.17) is 0 Å². The van der Waals surface area contributed by atoms with E-state index < -0.39 is 0 Å². The maximum atomic E-state index is 4.50. The van der Waals surface area contributed by atoms with Gasteiger partial charge in [-0.25, -0.2) is 4.68 Å². The minimum atomic E-state index is 0.482. The van der Waals surface area contributed by atoms with Crippen LogP contribution in [0, 0.1) is 0 Å². The zero-order valence-electron chi connectivity index (χ0n) is 14.9. The van der Waals surface area contributed by atoms with E-state index in [1.807, 2.05) is 0 Å². The molecule has 1 aromatic rings. The van der Waals surface area contributed by atoms with Crippen molar-refractivity contribution in [3.63, 3.8) is 0 Å². The van der Waals surface area contributed by atoms with Crippen molar-refractivity contribution in [1.82, 2.24) is 20.2 Å². The predicted molar refractivity (Wildman–Crippen MR) is 89.5 cm³/mol. The van der Waals surface area contributed by atoms with Crippen molar-refractivity contribution in [3.8, 4) is 0 Å². The first-order valence-corrected chi connectivity index (χ1v) is 9.79. The minimum Gasteiger partial charge on any atom is -0.326 e. The smallest absolute Gasteiger partial charge is 0.209 e. The van der Waals surface area contributed by atoms with E-state index in [9.17, 15) is 0 Å². The molecule has 0 aromatic carbocycles. The summed E-state index contributed by atoms with van der Waals surface area (Å²) < 4.78 is 2.20. The summed E-state index contributed by atoms with van der Waals surface area (Å²) in [5.41, 5.74) is 0. The van der Waals surface area contributed by atoms with Crippen LogP contribution in [0.1, 0.15) is 76.7 Å². The molecule has 23 heavy (non-hydrogen) atoms. The Hall–Kier alpha value is -1.01. The normalized spacial score (nSPS) is 27.9. The molecule has 1 aromatic heterocycles. The summed E-state index contributed by atoms with van der Waals surface area (Å²) in [5.74, 6) is 1.16. The lowest BCUT2D eigenvalue weighted by atomic mass is 9.95. The molecule has 6 heteroatoms. The van der Waals surface area contributed by atoms with Crippen LogP contribution in [0.25, 0.3) is 0 Å². The van der Waals surface area contributed by atoms with E-state index >= 15 is 0 Å². The highest BCUT2D eigenvalue weighted by atomic mass is 15.6. The predicted octanol–water partition coefficient (Wildman–Crippen LogP) is -0.177. The molecular formula is C17H34N6+2. The molecule has 2 fully saturated rings. The fourth-order valence-electron chi connectivity index (χ4n) is 4.45. The Morgan fingerprint density at radius 2 is 1.83 bits per heavy atom. The van der Waals surface area contributed by atoms with Crippen LogP contribution in [0.15, 0.2) is 0 Å². The molecule has 2 N–H and O–H groups in total. The Labute approximate surface area is 140 Å². The van der Waals surface area contributed by atoms with Gasteiger partial charge in [-0.3, -0.25) is 0 Å². The molecule has 0 unspecified atom stereocenters. The summed E-state index contributed by atoms with van der Waals surface area (Å²) in [4.78, 5) is 3.45. The Morgan fingerprint density at radius 3 is 2.48 bits per heavy atom. The van der Waals surface area contributed by atoms with Crippen molar-refractivity contribution in [2.75, 3.05) is 32.7 Å². The number of rotatable bonds is 6. The molecule has 130 valence electrons. The quantitative estimate of drug-likeness (QED) is 0.764. The van der Waals surface area contributed by atoms with E-state index in [1.165, 1.54) is 77.7 Å². The van der Waals surface area contributed by atoms with E-state index in [1.54, 1.807) is 9.80 Å². The van der Waals surface area contributed by atoms with Crippen molar-refractivity contribution < 1.29 is 9.80 Å². The van der Waals surface area contributed by atoms with Crippen molar-refractivity contribution in [2.24, 2.45) is 0 Å². The first-order chi connectivity index (χ1) is 11.3. The number of likely N-dealkylation sites (N-methyl/N-ethyl adjacent to an activating group) is 1. The van der Waals surface area contributed by atoms with Gasteiger partial charge in [-0.2, -0.15) is 0 Å². The number of hydrogen-bond donors (Lipinski definition) is 2. The SMILES string of the molecule is CCC[C@@H](c1nnnn1C1CCCCC1)[NH+]1CC[NH+](CC)CC1. The van der Waals surface area contributed by atoms with Crippen molar-refractivity contribution in [2.45, 2.75) is 70.9 Å². The standard InChI is InChI=1S/C17H32N6/c1-3-8-16(22-13-11-21(4-2)12-14-22)17-18-19-20-23(17)15-9-6-5-7-10-15/h15-16H,3-14H2,1-2H3/p+2/t16-/m0/s1. The summed E-state index contributed by atoms with van der Waals surface area (Å²) >= 11 is 0. The third-order valence-electron chi connectivity index (χ3n) is 5.92. The second-order valence-corrected chi connectivity index (χ2v) is 7.38. The third-order valence-corrected chi connectivity index (χ3v) is 5.92. The van der Waals surface area contributed by atoms with Gasteiger partial charge in [-0.1, -0.05) is 32.6 Å². The van der Waals surface area contributed by atoms with Crippen LogP contribution in [0.4, 0.5) is 0 Å². The molecule has 0 amide bonds. The number of nitrogens with zero attached hydrogens (tertiary/aromatic N) is 4. The van der Waals surface area contributed by atoms with Gasteiger partial charge in [0.2, 0.25) is 5.82 Å². The number of aromatic nitrogens is 4. The minimum absolute atomic E-state index is 0.482. The van der Waals surface area contributed by atoms with E-state index in [-0.39, 0.29) is 0 Å². The fourth-order valence-corrected chi connectivity index (χ4v) is 4.45. The lowest BCUT2D eigenvalue weighted by molar-refractivity contribution is -1.03. The van der Waals surface area contributed by atoms with Crippen LogP contribution >= 0.6 is 0 Å². The van der Waals surface area contributed by atoms with Crippen LogP contribution in [-0.4, -0.2) is 52.9 Å². The molecule has 1 aliphatic heterocycles. The summed E-state index contributed by atoms with van der Waals surface area (Å²) in [6, 6.07) is 1.02. The van der Waals surface area contributed by atoms with Crippen LogP contribution in [0.2, 0.25) is 0 Å². The molecule has 1 saturated heterocycles. The van der Waals surface area contributed by atoms with E-state index in [0.29, 0.717) is 12.1 Å². The lowest BCUT2D eigenvalue weighted by Crippen LogP contribution is -3.28. The van der Waals surface area contributed by atoms with Crippen molar-refractivity contribution in [3.05, 3.63) is 5.82 Å². The Bertz CT molecular complexity index is 459. The molecule has 2 aliphatic rings. The van der Waals surface area contributed by atoms with Gasteiger partial charge in [-0.15, -0.1) is 5.10 Å². The molecule has 3 rings (SSSR count). The molecule has 1 aliphatic carbocycles. The summed E-state index contributed by atoms with van der Waals surface area (Å²) in [5, 5.41) is 13.0. The largest absolute Gasteiger partial charge is 0.326 e. The number of quaternary nitrogens is 2. The average molecular weight is 323 g/mol. The van der Waals surface area contributed by atoms with Crippen LogP contribution in [0.5, 0.6) is 0 Å². The van der Waals surface area contributed by atoms with Crippen molar-refractivity contribution in [1.29, 1.82) is 0 Å². The highest BCUT2D eigenvalue weighted by molar-refractivity contribution is 4.91. The first-order valence-electron chi connectivity index (χ1n) is 9.79. The number of hydrogen-bond acceptors (Lipinski definition) is 3. The Kier molecular flexibility index (Phi) is 6.00. The number of piperazine rings is 1. The molecular weight excluding hydrogens is 288 g/mol. The Morgan fingerprint density at radius 1 is 1.09 bits per heavy atom. The van der Waals surface area contributed by atoms with Crippen LogP contribution in [0.3, 0.4) is 0 Å².